The Hall–Kier alpha value is -3.62. The maximum absolute atomic E-state index is 14.1. The molecule has 2 aromatic carbocycles. The molecule has 2 aliphatic rings. The van der Waals surface area contributed by atoms with Gasteiger partial charge in [0.25, 0.3) is 0 Å². The number of alkyl halides is 3. The van der Waals surface area contributed by atoms with Gasteiger partial charge in [-0.05, 0) is 73.6 Å². The van der Waals surface area contributed by atoms with Crippen LogP contribution in [0, 0.1) is 17.2 Å². The summed E-state index contributed by atoms with van der Waals surface area (Å²) in [5, 5.41) is 22.0. The molecule has 214 valence electrons. The van der Waals surface area contributed by atoms with E-state index in [1.807, 2.05) is 13.8 Å². The number of aliphatic hydroxyl groups is 2. The third kappa shape index (κ3) is 5.25. The van der Waals surface area contributed by atoms with Gasteiger partial charge in [-0.15, -0.1) is 0 Å². The van der Waals surface area contributed by atoms with Crippen LogP contribution < -0.4 is 4.74 Å². The molecule has 0 saturated heterocycles. The van der Waals surface area contributed by atoms with E-state index in [0.29, 0.717) is 12.8 Å². The van der Waals surface area contributed by atoms with Gasteiger partial charge in [-0.2, -0.15) is 13.2 Å². The number of ether oxygens (including phenoxy) is 1. The summed E-state index contributed by atoms with van der Waals surface area (Å²) in [6.45, 7) is 5.39. The van der Waals surface area contributed by atoms with Crippen molar-refractivity contribution in [1.29, 1.82) is 0 Å². The Morgan fingerprint density at radius 3 is 2.15 bits per heavy atom. The van der Waals surface area contributed by atoms with Crippen molar-refractivity contribution in [2.75, 3.05) is 0 Å². The first-order valence-corrected chi connectivity index (χ1v) is 13.5. The summed E-state index contributed by atoms with van der Waals surface area (Å²) in [7, 11) is 0. The first-order chi connectivity index (χ1) is 18.9. The molecule has 0 spiro atoms. The highest BCUT2D eigenvalue weighted by Gasteiger charge is 2.55. The van der Waals surface area contributed by atoms with Gasteiger partial charge in [0.15, 0.2) is 11.6 Å². The van der Waals surface area contributed by atoms with Crippen LogP contribution >= 0.6 is 0 Å². The number of ketones is 2. The van der Waals surface area contributed by atoms with Gasteiger partial charge in [-0.25, -0.2) is 4.39 Å². The first kappa shape index (κ1) is 29.4. The molecule has 9 heteroatoms. The fourth-order valence-corrected chi connectivity index (χ4v) is 5.83. The highest BCUT2D eigenvalue weighted by molar-refractivity contribution is 6.25. The summed E-state index contributed by atoms with van der Waals surface area (Å²) >= 11 is 0. The summed E-state index contributed by atoms with van der Waals surface area (Å²) in [5.41, 5.74) is -2.72. The van der Waals surface area contributed by atoms with Gasteiger partial charge in [0.05, 0.1) is 11.0 Å². The van der Waals surface area contributed by atoms with Crippen LogP contribution in [0.15, 0.2) is 65.1 Å². The Bertz CT molecular complexity index is 1370. The summed E-state index contributed by atoms with van der Waals surface area (Å²) in [4.78, 5) is 27.4. The van der Waals surface area contributed by atoms with E-state index in [2.05, 4.69) is 0 Å². The third-order valence-corrected chi connectivity index (χ3v) is 7.78. The van der Waals surface area contributed by atoms with Crippen molar-refractivity contribution >= 4 is 11.6 Å². The van der Waals surface area contributed by atoms with Crippen LogP contribution in [0.25, 0.3) is 0 Å². The van der Waals surface area contributed by atoms with E-state index < -0.39 is 57.7 Å². The van der Waals surface area contributed by atoms with Crippen molar-refractivity contribution in [2.24, 2.45) is 11.3 Å². The van der Waals surface area contributed by atoms with Gasteiger partial charge >= 0.3 is 6.18 Å². The second-order valence-corrected chi connectivity index (χ2v) is 10.4. The molecule has 0 radical (unpaired) electrons. The van der Waals surface area contributed by atoms with Crippen LogP contribution in [0.5, 0.6) is 11.5 Å². The van der Waals surface area contributed by atoms with E-state index in [4.69, 9.17) is 4.74 Å². The minimum absolute atomic E-state index is 0.0792. The Kier molecular flexibility index (Phi) is 8.15. The lowest BCUT2D eigenvalue weighted by Gasteiger charge is -2.37. The smallest absolute Gasteiger partial charge is 0.416 e. The number of rotatable bonds is 10. The summed E-state index contributed by atoms with van der Waals surface area (Å²) < 4.78 is 60.9. The normalized spacial score (nSPS) is 20.6. The molecule has 2 N–H and O–H groups in total. The van der Waals surface area contributed by atoms with Crippen LogP contribution in [-0.4, -0.2) is 21.8 Å². The Morgan fingerprint density at radius 2 is 1.60 bits per heavy atom. The maximum Gasteiger partial charge on any atom is 0.416 e. The molecule has 4 rings (SSSR count). The van der Waals surface area contributed by atoms with Crippen molar-refractivity contribution in [2.45, 2.75) is 71.4 Å². The summed E-state index contributed by atoms with van der Waals surface area (Å²) in [6, 6.07) is 8.27. The molecule has 2 atom stereocenters. The van der Waals surface area contributed by atoms with Crippen LogP contribution in [0.4, 0.5) is 17.6 Å². The molecule has 0 bridgehead atoms. The van der Waals surface area contributed by atoms with E-state index in [-0.39, 0.29) is 54.1 Å². The highest BCUT2D eigenvalue weighted by atomic mass is 19.4. The molecule has 2 aromatic rings. The van der Waals surface area contributed by atoms with Crippen LogP contribution in [0.1, 0.15) is 76.3 Å². The second-order valence-electron chi connectivity index (χ2n) is 10.4. The largest absolute Gasteiger partial charge is 0.511 e. The lowest BCUT2D eigenvalue weighted by molar-refractivity contribution is -0.138. The van der Waals surface area contributed by atoms with Gasteiger partial charge in [-0.3, -0.25) is 9.59 Å². The van der Waals surface area contributed by atoms with E-state index in [0.717, 1.165) is 18.2 Å². The standard InChI is InChI=1S/C31H32F4O5/c1-4-13-30(14-5-2)28(38)20(6-3)26(36)25(29(30)39)27(37)23-16-22(23)21-12-11-19(15-24(21)31(33,34)35)40-18-9-7-17(32)8-10-18/h7-12,15,22-23,36,38H,4-6,13-14,16H2,1-3H3. The molecule has 2 unspecified atom stereocenters. The van der Waals surface area contributed by atoms with Crippen molar-refractivity contribution in [3.05, 3.63) is 82.1 Å². The summed E-state index contributed by atoms with van der Waals surface area (Å²) in [6.07, 6.45) is -2.85. The van der Waals surface area contributed by atoms with Crippen molar-refractivity contribution < 1.29 is 42.1 Å². The van der Waals surface area contributed by atoms with Crippen molar-refractivity contribution in [3.8, 4) is 11.5 Å². The van der Waals surface area contributed by atoms with Crippen LogP contribution in [0.3, 0.4) is 0 Å². The Labute approximate surface area is 230 Å². The molecule has 0 heterocycles. The molecule has 0 aromatic heterocycles. The average molecular weight is 561 g/mol. The molecule has 1 fully saturated rings. The minimum atomic E-state index is -4.75. The molecule has 1 saturated carbocycles. The lowest BCUT2D eigenvalue weighted by atomic mass is 9.66. The number of halogens is 4. The number of allylic oxidation sites excluding steroid dienone is 3. The van der Waals surface area contributed by atoms with Crippen molar-refractivity contribution in [1.82, 2.24) is 0 Å². The number of hydrogen-bond acceptors (Lipinski definition) is 5. The molecular formula is C31H32F4O5. The number of aliphatic hydroxyl groups excluding tert-OH is 2. The predicted molar refractivity (Wildman–Crippen MR) is 141 cm³/mol. The molecule has 0 amide bonds. The second kappa shape index (κ2) is 11.1. The highest BCUT2D eigenvalue weighted by Crippen LogP contribution is 2.55. The van der Waals surface area contributed by atoms with E-state index in [1.165, 1.54) is 24.3 Å². The molecule has 5 nitrogen and oxygen atoms in total. The van der Waals surface area contributed by atoms with Gasteiger partial charge in [0, 0.05) is 11.5 Å². The molecular weight excluding hydrogens is 528 g/mol. The first-order valence-electron chi connectivity index (χ1n) is 13.5. The van der Waals surface area contributed by atoms with E-state index in [1.54, 1.807) is 6.92 Å². The maximum atomic E-state index is 14.1. The minimum Gasteiger partial charge on any atom is -0.511 e. The van der Waals surface area contributed by atoms with Gasteiger partial charge in [0.1, 0.15) is 34.4 Å². The zero-order chi connectivity index (χ0) is 29.4. The quantitative estimate of drug-likeness (QED) is 0.225. The molecule has 2 aliphatic carbocycles. The summed E-state index contributed by atoms with van der Waals surface area (Å²) in [5.74, 6) is -4.38. The van der Waals surface area contributed by atoms with Gasteiger partial charge < -0.3 is 14.9 Å². The monoisotopic (exact) mass is 560 g/mol. The zero-order valence-electron chi connectivity index (χ0n) is 22.6. The van der Waals surface area contributed by atoms with Gasteiger partial charge in [-0.1, -0.05) is 39.7 Å². The number of hydrogen-bond donors (Lipinski definition) is 2. The molecule has 0 aliphatic heterocycles. The average Bonchev–Trinajstić information content (AvgIpc) is 3.70. The number of carbonyl (C=O) groups excluding carboxylic acids is 2. The van der Waals surface area contributed by atoms with Gasteiger partial charge in [0.2, 0.25) is 0 Å². The Morgan fingerprint density at radius 1 is 1.00 bits per heavy atom. The predicted octanol–water partition coefficient (Wildman–Crippen LogP) is 8.51. The fourth-order valence-electron chi connectivity index (χ4n) is 5.83. The Balaban J connectivity index is 1.67. The van der Waals surface area contributed by atoms with Crippen LogP contribution in [-0.2, 0) is 15.8 Å². The topological polar surface area (TPSA) is 83.8 Å². The SMILES string of the molecule is CCCC1(CCC)C(=O)C(C(=O)C2CC2c2ccc(Oc3ccc(F)cc3)cc2C(F)(F)F)=C(O)C(CC)=C1O. The van der Waals surface area contributed by atoms with Crippen molar-refractivity contribution in [3.63, 3.8) is 0 Å². The zero-order valence-corrected chi connectivity index (χ0v) is 22.6. The fraction of sp³-hybridized carbons (Fsp3) is 0.419. The molecule has 40 heavy (non-hydrogen) atoms. The van der Waals surface area contributed by atoms with E-state index in [9.17, 15) is 37.4 Å². The number of benzene rings is 2. The van der Waals surface area contributed by atoms with E-state index >= 15 is 0 Å². The lowest BCUT2D eigenvalue weighted by Crippen LogP contribution is -2.41. The van der Waals surface area contributed by atoms with Crippen LogP contribution in [0.2, 0.25) is 0 Å². The number of Topliss-reactive ketones (excluding diaryl/α,β-unsaturated/α-hetero) is 2. The number of carbonyl (C=O) groups is 2. The third-order valence-electron chi connectivity index (χ3n) is 7.78.